The number of esters is 1. The van der Waals surface area contributed by atoms with E-state index in [-0.39, 0.29) is 12.5 Å². The molecule has 0 aromatic carbocycles. The molecule has 1 heterocycles. The minimum absolute atomic E-state index is 0.173. The molecule has 0 aliphatic carbocycles. The van der Waals surface area contributed by atoms with Gasteiger partial charge in [0.25, 0.3) is 0 Å². The van der Waals surface area contributed by atoms with Crippen LogP contribution in [0.1, 0.15) is 11.7 Å². The Morgan fingerprint density at radius 3 is 2.92 bits per heavy atom. The zero-order valence-electron chi connectivity index (χ0n) is 7.12. The van der Waals surface area contributed by atoms with Crippen molar-refractivity contribution in [3.8, 4) is 0 Å². The van der Waals surface area contributed by atoms with Gasteiger partial charge in [-0.25, -0.2) is 0 Å². The summed E-state index contributed by atoms with van der Waals surface area (Å²) in [5, 5.41) is 0. The molecular weight excluding hydrogens is 238 g/mol. The number of carbonyl (C=O) groups excluding carboxylic acids is 1. The topological polar surface area (TPSA) is 65.5 Å². The number of hydrogen-bond acceptors (Lipinski definition) is 4. The first-order valence-electron chi connectivity index (χ1n) is 3.71. The Morgan fingerprint density at radius 2 is 2.54 bits per heavy atom. The molecule has 0 radical (unpaired) electrons. The maximum absolute atomic E-state index is 11.2. The van der Waals surface area contributed by atoms with Crippen molar-refractivity contribution in [1.29, 1.82) is 0 Å². The highest BCUT2D eigenvalue weighted by Gasteiger charge is 2.22. The second kappa shape index (κ2) is 4.43. The summed E-state index contributed by atoms with van der Waals surface area (Å²) >= 11 is 3.21. The van der Waals surface area contributed by atoms with E-state index in [0.717, 1.165) is 4.47 Å². The fraction of sp³-hybridized carbons (Fsp3) is 0.375. The lowest BCUT2D eigenvalue weighted by Gasteiger charge is -2.08. The van der Waals surface area contributed by atoms with Gasteiger partial charge in [0, 0.05) is 6.54 Å². The molecule has 0 spiro atoms. The summed E-state index contributed by atoms with van der Waals surface area (Å²) in [6.45, 7) is 0.173. The second-order valence-electron chi connectivity index (χ2n) is 2.48. The predicted molar refractivity (Wildman–Crippen MR) is 50.2 cm³/mol. The summed E-state index contributed by atoms with van der Waals surface area (Å²) in [6.07, 6.45) is 1.50. The number of furan rings is 1. The van der Waals surface area contributed by atoms with Crippen molar-refractivity contribution in [2.45, 2.75) is 5.92 Å². The van der Waals surface area contributed by atoms with E-state index in [2.05, 4.69) is 20.7 Å². The smallest absolute Gasteiger partial charge is 0.317 e. The first kappa shape index (κ1) is 10.3. The van der Waals surface area contributed by atoms with Gasteiger partial charge in [-0.1, -0.05) is 0 Å². The molecule has 5 heteroatoms. The predicted octanol–water partition coefficient (Wildman–Crippen LogP) is 1.26. The fourth-order valence-corrected chi connectivity index (χ4v) is 1.30. The van der Waals surface area contributed by atoms with Crippen molar-refractivity contribution < 1.29 is 13.9 Å². The summed E-state index contributed by atoms with van der Waals surface area (Å²) in [7, 11) is 1.32. The molecule has 0 aliphatic heterocycles. The van der Waals surface area contributed by atoms with Crippen LogP contribution < -0.4 is 5.73 Å². The number of methoxy groups -OCH3 is 1. The largest absolute Gasteiger partial charge is 0.468 e. The van der Waals surface area contributed by atoms with Crippen molar-refractivity contribution in [2.24, 2.45) is 5.73 Å². The molecule has 0 saturated carbocycles. The van der Waals surface area contributed by atoms with Crippen LogP contribution in [0.3, 0.4) is 0 Å². The molecule has 0 amide bonds. The Balaban J connectivity index is 2.84. The van der Waals surface area contributed by atoms with Crippen LogP contribution in [-0.2, 0) is 9.53 Å². The molecular formula is C8H10BrNO3. The zero-order chi connectivity index (χ0) is 9.84. The van der Waals surface area contributed by atoms with Gasteiger partial charge < -0.3 is 14.9 Å². The minimum atomic E-state index is -0.517. The first-order chi connectivity index (χ1) is 6.19. The highest BCUT2D eigenvalue weighted by Crippen LogP contribution is 2.22. The lowest BCUT2D eigenvalue weighted by Crippen LogP contribution is -2.22. The highest BCUT2D eigenvalue weighted by molar-refractivity contribution is 9.10. The first-order valence-corrected chi connectivity index (χ1v) is 4.50. The van der Waals surface area contributed by atoms with Gasteiger partial charge in [0.15, 0.2) is 0 Å². The summed E-state index contributed by atoms with van der Waals surface area (Å²) < 4.78 is 10.5. The molecule has 1 aromatic rings. The third-order valence-electron chi connectivity index (χ3n) is 1.65. The van der Waals surface area contributed by atoms with Crippen molar-refractivity contribution >= 4 is 21.9 Å². The summed E-state index contributed by atoms with van der Waals surface area (Å²) in [4.78, 5) is 11.2. The maximum atomic E-state index is 11.2. The number of ether oxygens (including phenoxy) is 1. The van der Waals surface area contributed by atoms with Crippen LogP contribution in [0.5, 0.6) is 0 Å². The van der Waals surface area contributed by atoms with Gasteiger partial charge >= 0.3 is 5.97 Å². The van der Waals surface area contributed by atoms with Gasteiger partial charge in [0.05, 0.1) is 11.6 Å². The van der Waals surface area contributed by atoms with E-state index in [1.165, 1.54) is 13.4 Å². The Bertz CT molecular complexity index is 297. The maximum Gasteiger partial charge on any atom is 0.317 e. The summed E-state index contributed by atoms with van der Waals surface area (Å²) in [5.41, 5.74) is 5.41. The quantitative estimate of drug-likeness (QED) is 0.817. The second-order valence-corrected chi connectivity index (χ2v) is 3.39. The Kier molecular flexibility index (Phi) is 3.50. The normalized spacial score (nSPS) is 12.5. The Labute approximate surface area is 84.2 Å². The van der Waals surface area contributed by atoms with Crippen LogP contribution in [0.25, 0.3) is 0 Å². The van der Waals surface area contributed by atoms with E-state index >= 15 is 0 Å². The Morgan fingerprint density at radius 1 is 1.85 bits per heavy atom. The molecule has 1 unspecified atom stereocenters. The van der Waals surface area contributed by atoms with Crippen molar-refractivity contribution in [3.63, 3.8) is 0 Å². The van der Waals surface area contributed by atoms with Crippen LogP contribution in [0.4, 0.5) is 0 Å². The van der Waals surface area contributed by atoms with Gasteiger partial charge in [-0.15, -0.1) is 0 Å². The van der Waals surface area contributed by atoms with E-state index in [9.17, 15) is 4.79 Å². The summed E-state index contributed by atoms with van der Waals surface area (Å²) in [6, 6.07) is 1.70. The van der Waals surface area contributed by atoms with E-state index < -0.39 is 5.92 Å². The van der Waals surface area contributed by atoms with Gasteiger partial charge in [-0.2, -0.15) is 0 Å². The molecule has 1 rings (SSSR count). The number of halogens is 1. The molecule has 0 bridgehead atoms. The molecule has 2 N–H and O–H groups in total. The number of nitrogens with two attached hydrogens (primary N) is 1. The van der Waals surface area contributed by atoms with Crippen LogP contribution in [-0.4, -0.2) is 19.6 Å². The molecule has 0 fully saturated rings. The zero-order valence-corrected chi connectivity index (χ0v) is 8.71. The van der Waals surface area contributed by atoms with E-state index in [4.69, 9.17) is 10.2 Å². The van der Waals surface area contributed by atoms with Gasteiger partial charge in [0.2, 0.25) is 0 Å². The molecule has 0 saturated heterocycles. The average molecular weight is 248 g/mol. The number of rotatable bonds is 3. The van der Waals surface area contributed by atoms with E-state index in [1.54, 1.807) is 6.07 Å². The SMILES string of the molecule is COC(=O)C(CN)c1cc(Br)co1. The van der Waals surface area contributed by atoms with Gasteiger partial charge in [-0.3, -0.25) is 4.79 Å². The van der Waals surface area contributed by atoms with E-state index in [1.807, 2.05) is 0 Å². The molecule has 1 atom stereocenters. The number of carbonyl (C=O) groups is 1. The molecule has 4 nitrogen and oxygen atoms in total. The van der Waals surface area contributed by atoms with Crippen molar-refractivity contribution in [3.05, 3.63) is 22.6 Å². The fourth-order valence-electron chi connectivity index (χ4n) is 0.982. The molecule has 72 valence electrons. The highest BCUT2D eigenvalue weighted by atomic mass is 79.9. The monoisotopic (exact) mass is 247 g/mol. The third kappa shape index (κ3) is 2.32. The van der Waals surface area contributed by atoms with Gasteiger partial charge in [-0.05, 0) is 22.0 Å². The molecule has 1 aromatic heterocycles. The van der Waals surface area contributed by atoms with Crippen LogP contribution >= 0.6 is 15.9 Å². The van der Waals surface area contributed by atoms with Crippen molar-refractivity contribution in [2.75, 3.05) is 13.7 Å². The van der Waals surface area contributed by atoms with E-state index in [0.29, 0.717) is 5.76 Å². The number of hydrogen-bond donors (Lipinski definition) is 1. The Hall–Kier alpha value is -0.810. The van der Waals surface area contributed by atoms with Crippen LogP contribution in [0.2, 0.25) is 0 Å². The minimum Gasteiger partial charge on any atom is -0.468 e. The standard InChI is InChI=1S/C8H10BrNO3/c1-12-8(11)6(3-10)7-2-5(9)4-13-7/h2,4,6H,3,10H2,1H3. The lowest BCUT2D eigenvalue weighted by molar-refractivity contribution is -0.142. The lowest BCUT2D eigenvalue weighted by atomic mass is 10.1. The van der Waals surface area contributed by atoms with Gasteiger partial charge in [0.1, 0.15) is 17.9 Å². The van der Waals surface area contributed by atoms with Crippen LogP contribution in [0, 0.1) is 0 Å². The summed E-state index contributed by atoms with van der Waals surface area (Å²) in [5.74, 6) is -0.387. The third-order valence-corrected chi connectivity index (χ3v) is 2.07. The van der Waals surface area contributed by atoms with Crippen LogP contribution in [0.15, 0.2) is 21.2 Å². The molecule has 13 heavy (non-hydrogen) atoms. The van der Waals surface area contributed by atoms with Crippen molar-refractivity contribution in [1.82, 2.24) is 0 Å². The average Bonchev–Trinajstić information content (AvgIpc) is 2.53. The molecule has 0 aliphatic rings.